The predicted molar refractivity (Wildman–Crippen MR) is 64.2 cm³/mol. The van der Waals surface area contributed by atoms with Crippen LogP contribution in [0.15, 0.2) is 0 Å². The van der Waals surface area contributed by atoms with Crippen molar-refractivity contribution < 1.29 is 9.90 Å². The van der Waals surface area contributed by atoms with Gasteiger partial charge < -0.3 is 5.11 Å². The Bertz CT molecular complexity index is 307. The topological polar surface area (TPSA) is 37.3 Å². The van der Waals surface area contributed by atoms with Gasteiger partial charge in [0.1, 0.15) is 0 Å². The lowest BCUT2D eigenvalue weighted by atomic mass is 9.66. The maximum Gasteiger partial charge on any atom is 0.310 e. The molecule has 16 heavy (non-hydrogen) atoms. The van der Waals surface area contributed by atoms with Crippen LogP contribution in [-0.4, -0.2) is 11.1 Å². The Labute approximate surface area is 98.4 Å². The number of hydrogen-bond acceptors (Lipinski definition) is 1. The summed E-state index contributed by atoms with van der Waals surface area (Å²) in [6.45, 7) is 8.82. The lowest BCUT2D eigenvalue weighted by molar-refractivity contribution is -0.148. The van der Waals surface area contributed by atoms with E-state index in [4.69, 9.17) is 0 Å². The van der Waals surface area contributed by atoms with Crippen LogP contribution in [0.2, 0.25) is 0 Å². The molecule has 1 atom stereocenters. The molecule has 0 saturated heterocycles. The molecule has 2 aliphatic carbocycles. The van der Waals surface area contributed by atoms with Crippen LogP contribution in [0.4, 0.5) is 0 Å². The first-order valence-corrected chi connectivity index (χ1v) is 6.45. The van der Waals surface area contributed by atoms with E-state index in [1.165, 1.54) is 12.8 Å². The molecule has 0 bridgehead atoms. The fraction of sp³-hybridized carbons (Fsp3) is 0.929. The van der Waals surface area contributed by atoms with Crippen LogP contribution < -0.4 is 0 Å². The fourth-order valence-corrected chi connectivity index (χ4v) is 3.78. The highest BCUT2D eigenvalue weighted by molar-refractivity contribution is 5.80. The van der Waals surface area contributed by atoms with E-state index in [2.05, 4.69) is 27.7 Å². The van der Waals surface area contributed by atoms with Gasteiger partial charge in [0.05, 0.1) is 5.41 Å². The van der Waals surface area contributed by atoms with E-state index in [9.17, 15) is 9.90 Å². The smallest absolute Gasteiger partial charge is 0.310 e. The minimum Gasteiger partial charge on any atom is -0.481 e. The van der Waals surface area contributed by atoms with Crippen LogP contribution in [-0.2, 0) is 4.79 Å². The molecule has 1 N–H and O–H groups in total. The molecule has 0 aromatic carbocycles. The maximum absolute atomic E-state index is 11.6. The van der Waals surface area contributed by atoms with Crippen molar-refractivity contribution in [2.45, 2.75) is 59.8 Å². The standard InChI is InChI=1S/C14H24O2/c1-12(2)7-5-10(6-8-12)14(11(15)16)9-13(14,3)4/h10H,5-9H2,1-4H3,(H,15,16). The zero-order valence-corrected chi connectivity index (χ0v) is 11.0. The van der Waals surface area contributed by atoms with Crippen molar-refractivity contribution in [3.05, 3.63) is 0 Å². The zero-order chi connectivity index (χ0) is 12.2. The first kappa shape index (κ1) is 11.9. The summed E-state index contributed by atoms with van der Waals surface area (Å²) in [5.74, 6) is -0.143. The Balaban J connectivity index is 2.12. The first-order chi connectivity index (χ1) is 7.21. The average molecular weight is 224 g/mol. The van der Waals surface area contributed by atoms with Gasteiger partial charge in [0.2, 0.25) is 0 Å². The number of hydrogen-bond donors (Lipinski definition) is 1. The molecule has 0 spiro atoms. The fourth-order valence-electron chi connectivity index (χ4n) is 3.78. The summed E-state index contributed by atoms with van der Waals surface area (Å²) < 4.78 is 0. The van der Waals surface area contributed by atoms with Gasteiger partial charge in [-0.15, -0.1) is 0 Å². The largest absolute Gasteiger partial charge is 0.481 e. The number of aliphatic carboxylic acids is 1. The molecule has 0 heterocycles. The average Bonchev–Trinajstić information content (AvgIpc) is 2.70. The molecule has 0 aliphatic heterocycles. The van der Waals surface area contributed by atoms with Crippen LogP contribution in [0.5, 0.6) is 0 Å². The number of carboxylic acid groups (broad SMARTS) is 1. The minimum absolute atomic E-state index is 0.0188. The minimum atomic E-state index is -0.554. The Hall–Kier alpha value is -0.530. The molecule has 1 unspecified atom stereocenters. The molecular formula is C14H24O2. The molecule has 2 fully saturated rings. The summed E-state index contributed by atoms with van der Waals surface area (Å²) in [7, 11) is 0. The number of rotatable bonds is 2. The Morgan fingerprint density at radius 1 is 1.12 bits per heavy atom. The highest BCUT2D eigenvalue weighted by atomic mass is 16.4. The quantitative estimate of drug-likeness (QED) is 0.776. The van der Waals surface area contributed by atoms with Crippen LogP contribution in [0.25, 0.3) is 0 Å². The third-order valence-electron chi connectivity index (χ3n) is 5.22. The molecule has 2 aliphatic rings. The van der Waals surface area contributed by atoms with Gasteiger partial charge in [-0.3, -0.25) is 4.79 Å². The van der Waals surface area contributed by atoms with Crippen molar-refractivity contribution in [3.8, 4) is 0 Å². The SMILES string of the molecule is CC1(C)CCC(C2(C(=O)O)CC2(C)C)CC1. The molecule has 0 aromatic rings. The third-order valence-corrected chi connectivity index (χ3v) is 5.22. The molecule has 0 radical (unpaired) electrons. The molecule has 2 nitrogen and oxygen atoms in total. The van der Waals surface area contributed by atoms with E-state index in [0.29, 0.717) is 11.3 Å². The van der Waals surface area contributed by atoms with E-state index in [1.807, 2.05) is 0 Å². The summed E-state index contributed by atoms with van der Waals surface area (Å²) in [4.78, 5) is 11.6. The molecule has 2 rings (SSSR count). The Morgan fingerprint density at radius 2 is 1.56 bits per heavy atom. The second kappa shape index (κ2) is 3.24. The summed E-state index contributed by atoms with van der Waals surface area (Å²) in [5.41, 5.74) is 0.0453. The van der Waals surface area contributed by atoms with Crippen molar-refractivity contribution >= 4 is 5.97 Å². The van der Waals surface area contributed by atoms with Crippen LogP contribution in [0, 0.1) is 22.2 Å². The van der Waals surface area contributed by atoms with Gasteiger partial charge in [-0.1, -0.05) is 27.7 Å². The van der Waals surface area contributed by atoms with Gasteiger partial charge in [0.25, 0.3) is 0 Å². The Kier molecular flexibility index (Phi) is 2.42. The van der Waals surface area contributed by atoms with E-state index >= 15 is 0 Å². The summed E-state index contributed by atoms with van der Waals surface area (Å²) in [6.07, 6.45) is 5.44. The van der Waals surface area contributed by atoms with E-state index in [-0.39, 0.29) is 5.41 Å². The molecule has 2 saturated carbocycles. The monoisotopic (exact) mass is 224 g/mol. The van der Waals surface area contributed by atoms with Crippen LogP contribution >= 0.6 is 0 Å². The van der Waals surface area contributed by atoms with Crippen LogP contribution in [0.1, 0.15) is 59.8 Å². The normalized spacial score (nSPS) is 37.0. The second-order valence-electron chi connectivity index (χ2n) is 7.28. The summed E-state index contributed by atoms with van der Waals surface area (Å²) in [6, 6.07) is 0. The van der Waals surface area contributed by atoms with Crippen molar-refractivity contribution in [2.75, 3.05) is 0 Å². The van der Waals surface area contributed by atoms with Gasteiger partial charge >= 0.3 is 5.97 Å². The molecule has 92 valence electrons. The highest BCUT2D eigenvalue weighted by Crippen LogP contribution is 2.70. The lowest BCUT2D eigenvalue weighted by Gasteiger charge is -2.38. The van der Waals surface area contributed by atoms with Gasteiger partial charge in [-0.2, -0.15) is 0 Å². The van der Waals surface area contributed by atoms with Crippen molar-refractivity contribution in [1.82, 2.24) is 0 Å². The molecular weight excluding hydrogens is 200 g/mol. The predicted octanol–water partition coefficient (Wildman–Crippen LogP) is 3.70. The van der Waals surface area contributed by atoms with Gasteiger partial charge in [-0.05, 0) is 48.9 Å². The van der Waals surface area contributed by atoms with Crippen molar-refractivity contribution in [2.24, 2.45) is 22.2 Å². The highest BCUT2D eigenvalue weighted by Gasteiger charge is 2.70. The van der Waals surface area contributed by atoms with Crippen molar-refractivity contribution in [3.63, 3.8) is 0 Å². The second-order valence-corrected chi connectivity index (χ2v) is 7.28. The van der Waals surface area contributed by atoms with E-state index in [1.54, 1.807) is 0 Å². The van der Waals surface area contributed by atoms with E-state index < -0.39 is 11.4 Å². The molecule has 0 amide bonds. The Morgan fingerprint density at radius 3 is 1.88 bits per heavy atom. The zero-order valence-electron chi connectivity index (χ0n) is 11.0. The number of carbonyl (C=O) groups is 1. The summed E-state index contributed by atoms with van der Waals surface area (Å²) in [5, 5.41) is 9.52. The van der Waals surface area contributed by atoms with Gasteiger partial charge in [0.15, 0.2) is 0 Å². The van der Waals surface area contributed by atoms with E-state index in [0.717, 1.165) is 19.3 Å². The third kappa shape index (κ3) is 1.57. The maximum atomic E-state index is 11.6. The van der Waals surface area contributed by atoms with Crippen LogP contribution in [0.3, 0.4) is 0 Å². The summed E-state index contributed by atoms with van der Waals surface area (Å²) >= 11 is 0. The van der Waals surface area contributed by atoms with Gasteiger partial charge in [-0.25, -0.2) is 0 Å². The van der Waals surface area contributed by atoms with Crippen molar-refractivity contribution in [1.29, 1.82) is 0 Å². The lowest BCUT2D eigenvalue weighted by Crippen LogP contribution is -2.34. The van der Waals surface area contributed by atoms with Gasteiger partial charge in [0, 0.05) is 0 Å². The molecule has 0 aromatic heterocycles. The first-order valence-electron chi connectivity index (χ1n) is 6.45. The number of carboxylic acids is 1. The molecule has 2 heteroatoms.